The first-order chi connectivity index (χ1) is 15.1. The first-order valence-corrected chi connectivity index (χ1v) is 10.8. The van der Waals surface area contributed by atoms with Crippen LogP contribution in [0.2, 0.25) is 15.2 Å². The number of alkyl carbamates (subject to hydrolysis) is 1. The molecular weight excluding hydrogens is 473 g/mol. The molecule has 3 aromatic rings. The molecule has 1 N–H and O–H groups in total. The van der Waals surface area contributed by atoms with E-state index in [1.807, 2.05) is 39.0 Å². The second kappa shape index (κ2) is 9.94. The largest absolute Gasteiger partial charge is 0.481 e. The zero-order valence-electron chi connectivity index (χ0n) is 18.0. The third kappa shape index (κ3) is 5.63. The molecule has 0 aliphatic heterocycles. The number of benzene rings is 1. The molecule has 0 aliphatic rings. The van der Waals surface area contributed by atoms with Crippen molar-refractivity contribution in [2.45, 2.75) is 32.9 Å². The van der Waals surface area contributed by atoms with Crippen molar-refractivity contribution in [3.8, 4) is 28.3 Å². The topological polar surface area (TPSA) is 73.3 Å². The van der Waals surface area contributed by atoms with Crippen LogP contribution in [0.15, 0.2) is 42.6 Å². The van der Waals surface area contributed by atoms with Gasteiger partial charge >= 0.3 is 6.09 Å². The monoisotopic (exact) mass is 493 g/mol. The number of nitrogens with one attached hydrogen (secondary N) is 1. The van der Waals surface area contributed by atoms with Gasteiger partial charge in [-0.2, -0.15) is 0 Å². The minimum absolute atomic E-state index is 0.0112. The van der Waals surface area contributed by atoms with Crippen LogP contribution in [0, 0.1) is 0 Å². The Labute approximate surface area is 201 Å². The standard InChI is InChI=1S/C23H22Cl3N3O3/c1-23(2,3)29-22(30)32-12-13-8-9-17(28-21(13)31-4)16-7-5-6-14(18(16)24)15-10-11-27-20(26)19(15)25/h5-11H,12H2,1-4H3,(H,29,30). The van der Waals surface area contributed by atoms with E-state index in [4.69, 9.17) is 44.3 Å². The van der Waals surface area contributed by atoms with E-state index < -0.39 is 11.6 Å². The molecule has 168 valence electrons. The van der Waals surface area contributed by atoms with Crippen molar-refractivity contribution in [1.29, 1.82) is 0 Å². The number of halogens is 3. The first-order valence-electron chi connectivity index (χ1n) is 9.69. The van der Waals surface area contributed by atoms with Crippen molar-refractivity contribution in [1.82, 2.24) is 15.3 Å². The summed E-state index contributed by atoms with van der Waals surface area (Å²) in [5.41, 5.74) is 2.87. The van der Waals surface area contributed by atoms with E-state index in [-0.39, 0.29) is 11.8 Å². The van der Waals surface area contributed by atoms with Crippen molar-refractivity contribution in [3.63, 3.8) is 0 Å². The lowest BCUT2D eigenvalue weighted by molar-refractivity contribution is 0.130. The van der Waals surface area contributed by atoms with Crippen LogP contribution in [0.4, 0.5) is 4.79 Å². The maximum absolute atomic E-state index is 12.0. The van der Waals surface area contributed by atoms with E-state index in [9.17, 15) is 4.79 Å². The normalized spacial score (nSPS) is 11.2. The van der Waals surface area contributed by atoms with Gasteiger partial charge in [-0.05, 0) is 39.0 Å². The fraction of sp³-hybridized carbons (Fsp3) is 0.261. The summed E-state index contributed by atoms with van der Waals surface area (Å²) in [6.45, 7) is 5.62. The lowest BCUT2D eigenvalue weighted by Crippen LogP contribution is -2.40. The van der Waals surface area contributed by atoms with Crippen LogP contribution in [0.3, 0.4) is 0 Å². The number of amides is 1. The third-order valence-electron chi connectivity index (χ3n) is 4.38. The molecule has 0 radical (unpaired) electrons. The average molecular weight is 495 g/mol. The highest BCUT2D eigenvalue weighted by atomic mass is 35.5. The summed E-state index contributed by atoms with van der Waals surface area (Å²) in [6, 6.07) is 10.9. The number of pyridine rings is 2. The number of ether oxygens (including phenoxy) is 2. The molecule has 9 heteroatoms. The summed E-state index contributed by atoms with van der Waals surface area (Å²) in [7, 11) is 1.50. The van der Waals surface area contributed by atoms with Gasteiger partial charge in [0.05, 0.1) is 28.4 Å². The first kappa shape index (κ1) is 24.1. The number of aromatic nitrogens is 2. The molecule has 0 fully saturated rings. The third-order valence-corrected chi connectivity index (χ3v) is 5.55. The highest BCUT2D eigenvalue weighted by molar-refractivity contribution is 6.43. The SMILES string of the molecule is COc1nc(-c2cccc(-c3ccnc(Cl)c3Cl)c2Cl)ccc1COC(=O)NC(C)(C)C. The molecule has 3 rings (SSSR count). The maximum atomic E-state index is 12.0. The van der Waals surface area contributed by atoms with Gasteiger partial charge in [-0.15, -0.1) is 0 Å². The van der Waals surface area contributed by atoms with Crippen molar-refractivity contribution in [3.05, 3.63) is 63.4 Å². The maximum Gasteiger partial charge on any atom is 0.407 e. The van der Waals surface area contributed by atoms with Gasteiger partial charge in [-0.25, -0.2) is 14.8 Å². The van der Waals surface area contributed by atoms with Gasteiger partial charge in [-0.3, -0.25) is 0 Å². The van der Waals surface area contributed by atoms with Crippen LogP contribution in [0.5, 0.6) is 5.88 Å². The Bertz CT molecular complexity index is 1150. The van der Waals surface area contributed by atoms with E-state index >= 15 is 0 Å². The summed E-state index contributed by atoms with van der Waals surface area (Å²) in [5.74, 6) is 0.331. The predicted molar refractivity (Wildman–Crippen MR) is 128 cm³/mol. The number of carbonyl (C=O) groups excluding carboxylic acids is 1. The summed E-state index contributed by atoms with van der Waals surface area (Å²) in [6.07, 6.45) is 1.05. The molecule has 1 amide bonds. The highest BCUT2D eigenvalue weighted by Gasteiger charge is 2.18. The lowest BCUT2D eigenvalue weighted by atomic mass is 10.0. The average Bonchev–Trinajstić information content (AvgIpc) is 2.73. The second-order valence-corrected chi connectivity index (χ2v) is 9.06. The number of methoxy groups -OCH3 is 1. The van der Waals surface area contributed by atoms with Gasteiger partial charge in [0, 0.05) is 28.4 Å². The van der Waals surface area contributed by atoms with Crippen LogP contribution in [0.25, 0.3) is 22.4 Å². The molecule has 6 nitrogen and oxygen atoms in total. The Morgan fingerprint density at radius 3 is 2.38 bits per heavy atom. The zero-order chi connectivity index (χ0) is 23.5. The van der Waals surface area contributed by atoms with E-state index in [1.54, 1.807) is 24.4 Å². The van der Waals surface area contributed by atoms with E-state index in [2.05, 4.69) is 15.3 Å². The Morgan fingerprint density at radius 2 is 1.69 bits per heavy atom. The van der Waals surface area contributed by atoms with E-state index in [0.29, 0.717) is 43.9 Å². The van der Waals surface area contributed by atoms with Crippen molar-refractivity contribution < 1.29 is 14.3 Å². The van der Waals surface area contributed by atoms with Gasteiger partial charge in [0.1, 0.15) is 11.8 Å². The van der Waals surface area contributed by atoms with Gasteiger partial charge in [0.25, 0.3) is 0 Å². The summed E-state index contributed by atoms with van der Waals surface area (Å²) in [4.78, 5) is 20.5. The van der Waals surface area contributed by atoms with Crippen molar-refractivity contribution >= 4 is 40.9 Å². The highest BCUT2D eigenvalue weighted by Crippen LogP contribution is 2.40. The van der Waals surface area contributed by atoms with Crippen LogP contribution < -0.4 is 10.1 Å². The number of carbonyl (C=O) groups is 1. The van der Waals surface area contributed by atoms with Crippen LogP contribution in [0.1, 0.15) is 26.3 Å². The minimum atomic E-state index is -0.521. The van der Waals surface area contributed by atoms with Crippen molar-refractivity contribution in [2.24, 2.45) is 0 Å². The summed E-state index contributed by atoms with van der Waals surface area (Å²) >= 11 is 19.1. The summed E-state index contributed by atoms with van der Waals surface area (Å²) < 4.78 is 10.7. The van der Waals surface area contributed by atoms with Gasteiger partial charge in [-0.1, -0.05) is 53.0 Å². The van der Waals surface area contributed by atoms with Crippen LogP contribution in [-0.2, 0) is 11.3 Å². The number of hydrogen-bond donors (Lipinski definition) is 1. The van der Waals surface area contributed by atoms with Crippen molar-refractivity contribution in [2.75, 3.05) is 7.11 Å². The smallest absolute Gasteiger partial charge is 0.407 e. The molecule has 0 bridgehead atoms. The molecule has 0 atom stereocenters. The minimum Gasteiger partial charge on any atom is -0.481 e. The Morgan fingerprint density at radius 1 is 1.00 bits per heavy atom. The molecule has 0 aliphatic carbocycles. The number of hydrogen-bond acceptors (Lipinski definition) is 5. The molecule has 0 saturated carbocycles. The Hall–Kier alpha value is -2.54. The quantitative estimate of drug-likeness (QED) is 0.395. The second-order valence-electron chi connectivity index (χ2n) is 7.95. The van der Waals surface area contributed by atoms with Gasteiger partial charge in [0.2, 0.25) is 5.88 Å². The molecule has 0 unspecified atom stereocenters. The molecule has 0 spiro atoms. The predicted octanol–water partition coefficient (Wildman–Crippen LogP) is 6.80. The van der Waals surface area contributed by atoms with Gasteiger partial charge in [0.15, 0.2) is 0 Å². The Kier molecular flexibility index (Phi) is 7.49. The molecular formula is C23H22Cl3N3O3. The molecule has 2 aromatic heterocycles. The molecule has 0 saturated heterocycles. The van der Waals surface area contributed by atoms with E-state index in [0.717, 1.165) is 0 Å². The zero-order valence-corrected chi connectivity index (χ0v) is 20.3. The Balaban J connectivity index is 1.91. The molecule has 32 heavy (non-hydrogen) atoms. The fourth-order valence-electron chi connectivity index (χ4n) is 2.96. The van der Waals surface area contributed by atoms with Crippen LogP contribution in [-0.4, -0.2) is 28.7 Å². The summed E-state index contributed by atoms with van der Waals surface area (Å²) in [5, 5.41) is 3.71. The number of nitrogens with zero attached hydrogens (tertiary/aromatic N) is 2. The lowest BCUT2D eigenvalue weighted by Gasteiger charge is -2.20. The van der Waals surface area contributed by atoms with Crippen LogP contribution >= 0.6 is 34.8 Å². The van der Waals surface area contributed by atoms with Gasteiger partial charge < -0.3 is 14.8 Å². The molecule has 1 aromatic carbocycles. The number of rotatable bonds is 5. The fourth-order valence-corrected chi connectivity index (χ4v) is 3.65. The van der Waals surface area contributed by atoms with E-state index in [1.165, 1.54) is 7.11 Å². The molecule has 2 heterocycles.